The Morgan fingerprint density at radius 3 is 2.94 bits per heavy atom. The molecule has 94 valence electrons. The van der Waals surface area contributed by atoms with Crippen LogP contribution in [0.25, 0.3) is 10.9 Å². The zero-order valence-electron chi connectivity index (χ0n) is 10.2. The number of nitrogens with zero attached hydrogens (tertiary/aromatic N) is 1. The number of benzene rings is 1. The Labute approximate surface area is 104 Å². The Morgan fingerprint density at radius 2 is 2.22 bits per heavy atom. The molecule has 0 bridgehead atoms. The number of nitrogen functional groups attached to an aromatic ring is 1. The number of hydrogen-bond donors (Lipinski definition) is 3. The summed E-state index contributed by atoms with van der Waals surface area (Å²) >= 11 is 0. The molecule has 0 radical (unpaired) electrons. The summed E-state index contributed by atoms with van der Waals surface area (Å²) in [5.41, 5.74) is 7.96. The minimum absolute atomic E-state index is 0.157. The Bertz CT molecular complexity index is 643. The van der Waals surface area contributed by atoms with Crippen LogP contribution in [-0.2, 0) is 0 Å². The lowest BCUT2D eigenvalue weighted by molar-refractivity contribution is 0.309. The zero-order valence-corrected chi connectivity index (χ0v) is 10.2. The van der Waals surface area contributed by atoms with Crippen molar-refractivity contribution in [1.29, 1.82) is 0 Å². The Hall–Kier alpha value is -2.04. The summed E-state index contributed by atoms with van der Waals surface area (Å²) in [6.45, 7) is 2.24. The molecule has 2 aromatic rings. The van der Waals surface area contributed by atoms with Gasteiger partial charge in [0, 0.05) is 6.04 Å². The van der Waals surface area contributed by atoms with E-state index in [-0.39, 0.29) is 5.56 Å². The van der Waals surface area contributed by atoms with E-state index in [1.54, 1.807) is 6.07 Å². The normalized spacial score (nSPS) is 22.7. The van der Waals surface area contributed by atoms with E-state index >= 15 is 0 Å². The number of anilines is 2. The fraction of sp³-hybridized carbons (Fsp3) is 0.385. The van der Waals surface area contributed by atoms with E-state index in [9.17, 15) is 4.79 Å². The van der Waals surface area contributed by atoms with E-state index in [1.807, 2.05) is 6.07 Å². The van der Waals surface area contributed by atoms with Crippen LogP contribution >= 0.6 is 0 Å². The molecular formula is C13H16N4O. The zero-order chi connectivity index (χ0) is 12.7. The first-order valence-electron chi connectivity index (χ1n) is 6.17. The van der Waals surface area contributed by atoms with Crippen LogP contribution in [0, 0.1) is 5.92 Å². The fourth-order valence-corrected chi connectivity index (χ4v) is 2.50. The van der Waals surface area contributed by atoms with Gasteiger partial charge in [0.25, 0.3) is 5.56 Å². The molecule has 0 spiro atoms. The summed E-state index contributed by atoms with van der Waals surface area (Å²) in [6.07, 6.45) is 3.75. The van der Waals surface area contributed by atoms with Crippen LogP contribution in [0.3, 0.4) is 0 Å². The van der Waals surface area contributed by atoms with Crippen LogP contribution in [0.2, 0.25) is 0 Å². The highest BCUT2D eigenvalue weighted by atomic mass is 16.1. The first-order valence-corrected chi connectivity index (χ1v) is 6.17. The highest BCUT2D eigenvalue weighted by molar-refractivity contribution is 5.88. The molecule has 1 saturated carbocycles. The summed E-state index contributed by atoms with van der Waals surface area (Å²) in [5, 5.41) is 3.94. The van der Waals surface area contributed by atoms with E-state index in [1.165, 1.54) is 19.2 Å². The molecule has 0 atom stereocenters. The first-order chi connectivity index (χ1) is 8.63. The number of hydrogen-bond acceptors (Lipinski definition) is 4. The van der Waals surface area contributed by atoms with Gasteiger partial charge in [-0.2, -0.15) is 0 Å². The number of aromatic amines is 1. The summed E-state index contributed by atoms with van der Waals surface area (Å²) in [6, 6.07) is 4.02. The van der Waals surface area contributed by atoms with Crippen LogP contribution in [-0.4, -0.2) is 16.0 Å². The van der Waals surface area contributed by atoms with Crippen molar-refractivity contribution in [2.45, 2.75) is 25.8 Å². The molecule has 5 heteroatoms. The predicted molar refractivity (Wildman–Crippen MR) is 72.6 cm³/mol. The lowest BCUT2D eigenvalue weighted by atomic mass is 9.82. The largest absolute Gasteiger partial charge is 0.397 e. The second-order valence-corrected chi connectivity index (χ2v) is 5.11. The van der Waals surface area contributed by atoms with Crippen molar-refractivity contribution in [1.82, 2.24) is 9.97 Å². The molecule has 0 unspecified atom stereocenters. The maximum atomic E-state index is 11.6. The van der Waals surface area contributed by atoms with Gasteiger partial charge in [-0.1, -0.05) is 6.92 Å². The average molecular weight is 244 g/mol. The third kappa shape index (κ3) is 1.81. The molecule has 1 aromatic heterocycles. The summed E-state index contributed by atoms with van der Waals surface area (Å²) in [4.78, 5) is 18.3. The minimum Gasteiger partial charge on any atom is -0.397 e. The molecule has 18 heavy (non-hydrogen) atoms. The molecule has 0 saturated heterocycles. The molecular weight excluding hydrogens is 228 g/mol. The molecule has 1 aliphatic carbocycles. The third-order valence-corrected chi connectivity index (χ3v) is 3.55. The third-order valence-electron chi connectivity index (χ3n) is 3.55. The van der Waals surface area contributed by atoms with Crippen molar-refractivity contribution in [3.05, 3.63) is 28.8 Å². The van der Waals surface area contributed by atoms with Crippen molar-refractivity contribution in [3.63, 3.8) is 0 Å². The van der Waals surface area contributed by atoms with Gasteiger partial charge in [0.15, 0.2) is 0 Å². The lowest BCUT2D eigenvalue weighted by Crippen LogP contribution is -2.34. The topological polar surface area (TPSA) is 83.8 Å². The monoisotopic (exact) mass is 244 g/mol. The van der Waals surface area contributed by atoms with Gasteiger partial charge >= 0.3 is 0 Å². The maximum absolute atomic E-state index is 11.6. The maximum Gasteiger partial charge on any atom is 0.258 e. The summed E-state index contributed by atoms with van der Waals surface area (Å²) in [5.74, 6) is 0.783. The molecule has 3 rings (SSSR count). The number of fused-ring (bicyclic) bond motifs is 1. The smallest absolute Gasteiger partial charge is 0.258 e. The molecule has 0 aliphatic heterocycles. The quantitative estimate of drug-likeness (QED) is 0.702. The molecule has 0 amide bonds. The SMILES string of the molecule is CC1CC(Nc2cc3nc[nH]c(=O)c3cc2N)C1. The molecule has 1 aliphatic rings. The standard InChI is InChI=1S/C13H16N4O/c1-7-2-8(3-7)17-12-5-11-9(4-10(12)14)13(18)16-6-15-11/h4-8,17H,2-3,14H2,1H3,(H,15,16,18). The van der Waals surface area contributed by atoms with Gasteiger partial charge in [0.05, 0.1) is 28.6 Å². The minimum atomic E-state index is -0.157. The average Bonchev–Trinajstić information content (AvgIpc) is 2.29. The molecule has 4 N–H and O–H groups in total. The predicted octanol–water partition coefficient (Wildman–Crippen LogP) is 1.72. The van der Waals surface area contributed by atoms with Gasteiger partial charge in [-0.05, 0) is 30.9 Å². The number of nitrogens with one attached hydrogen (secondary N) is 2. The van der Waals surface area contributed by atoms with Crippen molar-refractivity contribution in [3.8, 4) is 0 Å². The Morgan fingerprint density at radius 1 is 1.44 bits per heavy atom. The van der Waals surface area contributed by atoms with Crippen LogP contribution < -0.4 is 16.6 Å². The van der Waals surface area contributed by atoms with E-state index in [0.717, 1.165) is 11.6 Å². The number of aromatic nitrogens is 2. The van der Waals surface area contributed by atoms with Crippen molar-refractivity contribution in [2.75, 3.05) is 11.1 Å². The molecule has 1 fully saturated rings. The van der Waals surface area contributed by atoms with Crippen molar-refractivity contribution in [2.24, 2.45) is 5.92 Å². The second kappa shape index (κ2) is 4.01. The van der Waals surface area contributed by atoms with E-state index in [0.29, 0.717) is 22.6 Å². The number of H-pyrrole nitrogens is 1. The van der Waals surface area contributed by atoms with Crippen LogP contribution in [0.15, 0.2) is 23.3 Å². The Kier molecular flexibility index (Phi) is 2.47. The van der Waals surface area contributed by atoms with E-state index in [4.69, 9.17) is 5.73 Å². The van der Waals surface area contributed by atoms with Crippen LogP contribution in [0.5, 0.6) is 0 Å². The highest BCUT2D eigenvalue weighted by Gasteiger charge is 2.25. The van der Waals surface area contributed by atoms with Crippen molar-refractivity contribution >= 4 is 22.3 Å². The van der Waals surface area contributed by atoms with Gasteiger partial charge in [-0.25, -0.2) is 4.98 Å². The lowest BCUT2D eigenvalue weighted by Gasteiger charge is -2.34. The van der Waals surface area contributed by atoms with Gasteiger partial charge in [-0.3, -0.25) is 4.79 Å². The fourth-order valence-electron chi connectivity index (χ4n) is 2.50. The Balaban J connectivity index is 1.97. The van der Waals surface area contributed by atoms with Crippen LogP contribution in [0.1, 0.15) is 19.8 Å². The number of nitrogens with two attached hydrogens (primary N) is 1. The highest BCUT2D eigenvalue weighted by Crippen LogP contribution is 2.32. The van der Waals surface area contributed by atoms with Crippen LogP contribution in [0.4, 0.5) is 11.4 Å². The molecule has 1 heterocycles. The van der Waals surface area contributed by atoms with E-state index in [2.05, 4.69) is 22.2 Å². The molecule has 5 nitrogen and oxygen atoms in total. The van der Waals surface area contributed by atoms with E-state index < -0.39 is 0 Å². The second-order valence-electron chi connectivity index (χ2n) is 5.11. The number of rotatable bonds is 2. The van der Waals surface area contributed by atoms with Gasteiger partial charge in [0.2, 0.25) is 0 Å². The summed E-state index contributed by atoms with van der Waals surface area (Å²) < 4.78 is 0. The van der Waals surface area contributed by atoms with Gasteiger partial charge in [0.1, 0.15) is 0 Å². The van der Waals surface area contributed by atoms with Gasteiger partial charge < -0.3 is 16.0 Å². The summed E-state index contributed by atoms with van der Waals surface area (Å²) in [7, 11) is 0. The van der Waals surface area contributed by atoms with Crippen molar-refractivity contribution < 1.29 is 0 Å². The first kappa shape index (κ1) is 11.1. The molecule has 1 aromatic carbocycles. The van der Waals surface area contributed by atoms with Gasteiger partial charge in [-0.15, -0.1) is 0 Å².